The van der Waals surface area contributed by atoms with Crippen molar-refractivity contribution < 1.29 is 4.79 Å². The minimum atomic E-state index is -0.00703. The molecule has 0 saturated carbocycles. The Hall–Kier alpha value is -1.61. The van der Waals surface area contributed by atoms with Gasteiger partial charge in [0, 0.05) is 10.6 Å². The molecule has 0 spiro atoms. The van der Waals surface area contributed by atoms with Gasteiger partial charge in [-0.1, -0.05) is 31.0 Å². The first-order chi connectivity index (χ1) is 9.51. The van der Waals surface area contributed by atoms with E-state index in [-0.39, 0.29) is 5.91 Å². The van der Waals surface area contributed by atoms with Gasteiger partial charge in [-0.2, -0.15) is 0 Å². The molecule has 0 aliphatic carbocycles. The molecular weight excluding hydrogens is 266 g/mol. The maximum atomic E-state index is 12.3. The van der Waals surface area contributed by atoms with Crippen molar-refractivity contribution in [2.24, 2.45) is 0 Å². The van der Waals surface area contributed by atoms with Crippen molar-refractivity contribution >= 4 is 22.9 Å². The van der Waals surface area contributed by atoms with Crippen LogP contribution in [0.15, 0.2) is 24.3 Å². The van der Waals surface area contributed by atoms with Crippen LogP contribution in [-0.2, 0) is 6.42 Å². The first-order valence-electron chi connectivity index (χ1n) is 6.99. The lowest BCUT2D eigenvalue weighted by atomic mass is 10.1. The highest BCUT2D eigenvalue weighted by atomic mass is 32.1. The number of hydrogen-bond acceptors (Lipinski definition) is 2. The van der Waals surface area contributed by atoms with Gasteiger partial charge >= 0.3 is 0 Å². The Balaban J connectivity index is 2.17. The number of thiophene rings is 1. The summed E-state index contributed by atoms with van der Waals surface area (Å²) in [5.74, 6) is -0.00703. The molecule has 0 atom stereocenters. The van der Waals surface area contributed by atoms with Crippen molar-refractivity contribution in [1.29, 1.82) is 0 Å². The number of nitrogens with one attached hydrogen (secondary N) is 1. The van der Waals surface area contributed by atoms with Crippen LogP contribution < -0.4 is 5.32 Å². The smallest absolute Gasteiger partial charge is 0.265 e. The van der Waals surface area contributed by atoms with E-state index in [1.54, 1.807) is 11.3 Å². The van der Waals surface area contributed by atoms with E-state index in [2.05, 4.69) is 32.2 Å². The maximum absolute atomic E-state index is 12.3. The third-order valence-electron chi connectivity index (χ3n) is 3.39. The molecular formula is C17H21NOS. The van der Waals surface area contributed by atoms with E-state index in [0.29, 0.717) is 0 Å². The van der Waals surface area contributed by atoms with Crippen molar-refractivity contribution in [3.8, 4) is 0 Å². The Morgan fingerprint density at radius 1 is 1.20 bits per heavy atom. The summed E-state index contributed by atoms with van der Waals surface area (Å²) in [4.78, 5) is 14.4. The molecule has 106 valence electrons. The molecule has 2 nitrogen and oxygen atoms in total. The third kappa shape index (κ3) is 3.28. The normalized spacial score (nSPS) is 10.6. The molecule has 0 bridgehead atoms. The van der Waals surface area contributed by atoms with E-state index < -0.39 is 0 Å². The number of carbonyl (C=O) groups excluding carboxylic acids is 1. The van der Waals surface area contributed by atoms with Crippen LogP contribution in [0.1, 0.15) is 44.6 Å². The van der Waals surface area contributed by atoms with Gasteiger partial charge in [0.05, 0.1) is 4.88 Å². The Bertz CT molecular complexity index is 628. The Morgan fingerprint density at radius 3 is 2.60 bits per heavy atom. The lowest BCUT2D eigenvalue weighted by Gasteiger charge is -2.07. The minimum absolute atomic E-state index is 0.00703. The molecule has 0 radical (unpaired) electrons. The fourth-order valence-electron chi connectivity index (χ4n) is 2.29. The van der Waals surface area contributed by atoms with E-state index in [1.807, 2.05) is 25.1 Å². The first kappa shape index (κ1) is 14.8. The number of anilines is 1. The van der Waals surface area contributed by atoms with Gasteiger partial charge in [-0.15, -0.1) is 11.3 Å². The molecule has 1 amide bonds. The molecule has 1 heterocycles. The largest absolute Gasteiger partial charge is 0.321 e. The molecule has 3 heteroatoms. The summed E-state index contributed by atoms with van der Waals surface area (Å²) in [6, 6.07) is 8.10. The van der Waals surface area contributed by atoms with E-state index in [9.17, 15) is 4.79 Å². The average Bonchev–Trinajstić information content (AvgIpc) is 2.75. The molecule has 0 unspecified atom stereocenters. The van der Waals surface area contributed by atoms with Gasteiger partial charge in [-0.3, -0.25) is 4.79 Å². The molecule has 1 N–H and O–H groups in total. The van der Waals surface area contributed by atoms with Crippen molar-refractivity contribution in [3.63, 3.8) is 0 Å². The van der Waals surface area contributed by atoms with Gasteiger partial charge in [0.1, 0.15) is 0 Å². The highest BCUT2D eigenvalue weighted by molar-refractivity contribution is 7.14. The fraction of sp³-hybridized carbons (Fsp3) is 0.353. The second kappa shape index (κ2) is 6.23. The summed E-state index contributed by atoms with van der Waals surface area (Å²) in [7, 11) is 0. The van der Waals surface area contributed by atoms with Crippen LogP contribution in [0.3, 0.4) is 0 Å². The molecule has 2 aromatic rings. The highest BCUT2D eigenvalue weighted by Crippen LogP contribution is 2.24. The van der Waals surface area contributed by atoms with Crippen molar-refractivity contribution in [2.75, 3.05) is 5.32 Å². The summed E-state index contributed by atoms with van der Waals surface area (Å²) < 4.78 is 0. The second-order valence-corrected chi connectivity index (χ2v) is 6.47. The van der Waals surface area contributed by atoms with Crippen molar-refractivity contribution in [1.82, 2.24) is 0 Å². The number of carbonyl (C=O) groups is 1. The summed E-state index contributed by atoms with van der Waals surface area (Å²) in [6.45, 7) is 8.32. The lowest BCUT2D eigenvalue weighted by Crippen LogP contribution is -2.11. The molecule has 20 heavy (non-hydrogen) atoms. The van der Waals surface area contributed by atoms with Gasteiger partial charge in [-0.25, -0.2) is 0 Å². The fourth-order valence-corrected chi connectivity index (χ4v) is 3.25. The van der Waals surface area contributed by atoms with Crippen LogP contribution in [0, 0.1) is 20.8 Å². The zero-order chi connectivity index (χ0) is 14.7. The van der Waals surface area contributed by atoms with Crippen molar-refractivity contribution in [2.45, 2.75) is 40.5 Å². The molecule has 0 saturated heterocycles. The summed E-state index contributed by atoms with van der Waals surface area (Å²) >= 11 is 1.58. The third-order valence-corrected chi connectivity index (χ3v) is 4.49. The number of rotatable bonds is 4. The monoisotopic (exact) mass is 287 g/mol. The van der Waals surface area contributed by atoms with Gasteiger partial charge in [0.2, 0.25) is 0 Å². The standard InChI is InChI=1S/C17H21NOS/c1-5-6-14-10-16(20-13(14)4)17(19)18-15-8-7-11(2)9-12(15)3/h7-10H,5-6H2,1-4H3,(H,18,19). The Labute approximate surface area is 124 Å². The average molecular weight is 287 g/mol. The maximum Gasteiger partial charge on any atom is 0.265 e. The number of amides is 1. The van der Waals surface area contributed by atoms with Gasteiger partial charge in [0.15, 0.2) is 0 Å². The minimum Gasteiger partial charge on any atom is -0.321 e. The van der Waals surface area contributed by atoms with Crippen molar-refractivity contribution in [3.05, 3.63) is 50.7 Å². The summed E-state index contributed by atoms with van der Waals surface area (Å²) in [5.41, 5.74) is 4.49. The molecule has 1 aromatic carbocycles. The van der Waals surface area contributed by atoms with E-state index >= 15 is 0 Å². The van der Waals surface area contributed by atoms with E-state index in [1.165, 1.54) is 16.0 Å². The predicted molar refractivity (Wildman–Crippen MR) is 86.9 cm³/mol. The molecule has 0 aliphatic rings. The molecule has 0 aliphatic heterocycles. The molecule has 0 fully saturated rings. The second-order valence-electron chi connectivity index (χ2n) is 5.21. The van der Waals surface area contributed by atoms with Gasteiger partial charge in [-0.05, 0) is 50.5 Å². The quantitative estimate of drug-likeness (QED) is 0.853. The summed E-state index contributed by atoms with van der Waals surface area (Å²) in [6.07, 6.45) is 2.15. The highest BCUT2D eigenvalue weighted by Gasteiger charge is 2.13. The lowest BCUT2D eigenvalue weighted by molar-refractivity contribution is 0.103. The number of benzene rings is 1. The first-order valence-corrected chi connectivity index (χ1v) is 7.80. The van der Waals surface area contributed by atoms with Crippen LogP contribution in [-0.4, -0.2) is 5.91 Å². The van der Waals surface area contributed by atoms with Crippen LogP contribution in [0.5, 0.6) is 0 Å². The zero-order valence-electron chi connectivity index (χ0n) is 12.5. The van der Waals surface area contributed by atoms with Crippen LogP contribution >= 0.6 is 11.3 Å². The number of aryl methyl sites for hydroxylation is 4. The zero-order valence-corrected chi connectivity index (χ0v) is 13.4. The Kier molecular flexibility index (Phi) is 4.61. The van der Waals surface area contributed by atoms with Crippen LogP contribution in [0.4, 0.5) is 5.69 Å². The van der Waals surface area contributed by atoms with Gasteiger partial charge < -0.3 is 5.32 Å². The number of hydrogen-bond donors (Lipinski definition) is 1. The topological polar surface area (TPSA) is 29.1 Å². The van der Waals surface area contributed by atoms with Crippen LogP contribution in [0.25, 0.3) is 0 Å². The van der Waals surface area contributed by atoms with Crippen LogP contribution in [0.2, 0.25) is 0 Å². The predicted octanol–water partition coefficient (Wildman–Crippen LogP) is 4.88. The van der Waals surface area contributed by atoms with E-state index in [0.717, 1.165) is 29.0 Å². The Morgan fingerprint density at radius 2 is 1.95 bits per heavy atom. The van der Waals surface area contributed by atoms with E-state index in [4.69, 9.17) is 0 Å². The molecule has 2 rings (SSSR count). The van der Waals surface area contributed by atoms with Gasteiger partial charge in [0.25, 0.3) is 5.91 Å². The SMILES string of the molecule is CCCc1cc(C(=O)Nc2ccc(C)cc2C)sc1C. The summed E-state index contributed by atoms with van der Waals surface area (Å²) in [5, 5.41) is 3.01. The molecule has 1 aromatic heterocycles.